The van der Waals surface area contributed by atoms with Crippen molar-refractivity contribution in [2.24, 2.45) is 0 Å². The number of amides is 2. The summed E-state index contributed by atoms with van der Waals surface area (Å²) in [6.45, 7) is -0.0365. The first-order chi connectivity index (χ1) is 12.5. The molecular formula is C19H17BrN2O4. The SMILES string of the molecule is O=C(O)CCNC(=O)/C(=C/c1ccccc1)NC(=O)c1ccccc1Br. The van der Waals surface area contributed by atoms with Gasteiger partial charge in [0.15, 0.2) is 0 Å². The molecule has 0 aromatic heterocycles. The summed E-state index contributed by atoms with van der Waals surface area (Å²) in [5.74, 6) is -2.03. The molecule has 0 bridgehead atoms. The molecule has 0 fully saturated rings. The lowest BCUT2D eigenvalue weighted by Gasteiger charge is -2.11. The van der Waals surface area contributed by atoms with Gasteiger partial charge in [-0.3, -0.25) is 14.4 Å². The standard InChI is InChI=1S/C19H17BrN2O4/c20-15-9-5-4-8-14(15)18(25)22-16(12-13-6-2-1-3-7-13)19(26)21-11-10-17(23)24/h1-9,12H,10-11H2,(H,21,26)(H,22,25)(H,23,24)/b16-12-. The average molecular weight is 417 g/mol. The van der Waals surface area contributed by atoms with Crippen molar-refractivity contribution in [3.8, 4) is 0 Å². The van der Waals surface area contributed by atoms with Crippen molar-refractivity contribution in [2.75, 3.05) is 6.54 Å². The lowest BCUT2D eigenvalue weighted by atomic mass is 10.1. The molecule has 0 aliphatic carbocycles. The summed E-state index contributed by atoms with van der Waals surface area (Å²) in [5.41, 5.74) is 1.13. The van der Waals surface area contributed by atoms with Crippen LogP contribution >= 0.6 is 15.9 Å². The quantitative estimate of drug-likeness (QED) is 0.604. The van der Waals surface area contributed by atoms with Crippen molar-refractivity contribution >= 4 is 39.8 Å². The topological polar surface area (TPSA) is 95.5 Å². The highest BCUT2D eigenvalue weighted by Gasteiger charge is 2.16. The fraction of sp³-hybridized carbons (Fsp3) is 0.105. The fourth-order valence-corrected chi connectivity index (χ4v) is 2.55. The maximum absolute atomic E-state index is 12.5. The van der Waals surface area contributed by atoms with Gasteiger partial charge in [0.2, 0.25) is 0 Å². The molecule has 0 aliphatic heterocycles. The highest BCUT2D eigenvalue weighted by Crippen LogP contribution is 2.16. The Balaban J connectivity index is 2.21. The number of hydrogen-bond acceptors (Lipinski definition) is 3. The maximum atomic E-state index is 12.5. The van der Waals surface area contributed by atoms with Crippen LogP contribution in [0, 0.1) is 0 Å². The molecule has 2 aromatic rings. The molecule has 2 rings (SSSR count). The number of carboxylic acid groups (broad SMARTS) is 1. The van der Waals surface area contributed by atoms with E-state index in [1.54, 1.807) is 48.5 Å². The predicted molar refractivity (Wildman–Crippen MR) is 101 cm³/mol. The number of halogens is 1. The normalized spacial score (nSPS) is 10.9. The Morgan fingerprint density at radius 3 is 2.31 bits per heavy atom. The van der Waals surface area contributed by atoms with E-state index in [2.05, 4.69) is 26.6 Å². The third-order valence-corrected chi connectivity index (χ3v) is 4.04. The van der Waals surface area contributed by atoms with Gasteiger partial charge in [0.1, 0.15) is 5.70 Å². The summed E-state index contributed by atoms with van der Waals surface area (Å²) in [6, 6.07) is 15.9. The lowest BCUT2D eigenvalue weighted by Crippen LogP contribution is -2.35. The maximum Gasteiger partial charge on any atom is 0.305 e. The smallest absolute Gasteiger partial charge is 0.305 e. The van der Waals surface area contributed by atoms with E-state index < -0.39 is 17.8 Å². The van der Waals surface area contributed by atoms with Gasteiger partial charge >= 0.3 is 5.97 Å². The van der Waals surface area contributed by atoms with Crippen LogP contribution in [0.2, 0.25) is 0 Å². The summed E-state index contributed by atoms with van der Waals surface area (Å²) in [7, 11) is 0. The van der Waals surface area contributed by atoms with Crippen molar-refractivity contribution in [1.82, 2.24) is 10.6 Å². The monoisotopic (exact) mass is 416 g/mol. The summed E-state index contributed by atoms with van der Waals surface area (Å²) < 4.78 is 0.600. The van der Waals surface area contributed by atoms with E-state index in [4.69, 9.17) is 5.11 Å². The van der Waals surface area contributed by atoms with Crippen LogP contribution in [-0.4, -0.2) is 29.4 Å². The van der Waals surface area contributed by atoms with Gasteiger partial charge in [-0.1, -0.05) is 42.5 Å². The van der Waals surface area contributed by atoms with Gasteiger partial charge in [-0.15, -0.1) is 0 Å². The van der Waals surface area contributed by atoms with Crippen LogP contribution in [0.3, 0.4) is 0 Å². The molecule has 0 radical (unpaired) electrons. The van der Waals surface area contributed by atoms with Gasteiger partial charge < -0.3 is 15.7 Å². The number of aliphatic carboxylic acids is 1. The molecule has 0 atom stereocenters. The van der Waals surface area contributed by atoms with Crippen LogP contribution in [-0.2, 0) is 9.59 Å². The second-order valence-electron chi connectivity index (χ2n) is 5.30. The molecule has 0 aliphatic rings. The van der Waals surface area contributed by atoms with Crippen molar-refractivity contribution < 1.29 is 19.5 Å². The van der Waals surface area contributed by atoms with Gasteiger partial charge in [0, 0.05) is 11.0 Å². The third kappa shape index (κ3) is 5.86. The van der Waals surface area contributed by atoms with Crippen LogP contribution in [0.1, 0.15) is 22.3 Å². The Morgan fingerprint density at radius 2 is 1.65 bits per heavy atom. The molecule has 26 heavy (non-hydrogen) atoms. The first-order valence-corrected chi connectivity index (χ1v) is 8.59. The zero-order valence-corrected chi connectivity index (χ0v) is 15.3. The molecule has 3 N–H and O–H groups in total. The summed E-state index contributed by atoms with van der Waals surface area (Å²) in [6.07, 6.45) is 1.33. The van der Waals surface area contributed by atoms with Crippen LogP contribution in [0.5, 0.6) is 0 Å². The Labute approximate surface area is 159 Å². The second-order valence-corrected chi connectivity index (χ2v) is 6.16. The van der Waals surface area contributed by atoms with Crippen molar-refractivity contribution in [2.45, 2.75) is 6.42 Å². The highest BCUT2D eigenvalue weighted by molar-refractivity contribution is 9.10. The summed E-state index contributed by atoms with van der Waals surface area (Å²) in [4.78, 5) is 35.5. The number of nitrogens with one attached hydrogen (secondary N) is 2. The van der Waals surface area contributed by atoms with Gasteiger partial charge in [-0.25, -0.2) is 0 Å². The number of benzene rings is 2. The molecule has 0 saturated carbocycles. The third-order valence-electron chi connectivity index (χ3n) is 3.35. The molecule has 2 amide bonds. The summed E-state index contributed by atoms with van der Waals surface area (Å²) in [5, 5.41) is 13.8. The van der Waals surface area contributed by atoms with Gasteiger partial charge in [0.05, 0.1) is 12.0 Å². The number of carbonyl (C=O) groups is 3. The first kappa shape index (κ1) is 19.4. The molecule has 6 nitrogen and oxygen atoms in total. The van der Waals surface area contributed by atoms with Crippen molar-refractivity contribution in [1.29, 1.82) is 0 Å². The predicted octanol–water partition coefficient (Wildman–Crippen LogP) is 2.81. The highest BCUT2D eigenvalue weighted by atomic mass is 79.9. The molecule has 134 valence electrons. The van der Waals surface area contributed by atoms with E-state index in [1.807, 2.05) is 6.07 Å². The number of carbonyl (C=O) groups excluding carboxylic acids is 2. The number of rotatable bonds is 7. The molecule has 7 heteroatoms. The van der Waals surface area contributed by atoms with E-state index in [0.717, 1.165) is 5.56 Å². The zero-order chi connectivity index (χ0) is 18.9. The van der Waals surface area contributed by atoms with Gasteiger partial charge in [-0.2, -0.15) is 0 Å². The Bertz CT molecular complexity index is 834. The minimum Gasteiger partial charge on any atom is -0.481 e. The van der Waals surface area contributed by atoms with Gasteiger partial charge in [-0.05, 0) is 39.7 Å². The van der Waals surface area contributed by atoms with E-state index in [9.17, 15) is 14.4 Å². The van der Waals surface area contributed by atoms with Crippen LogP contribution in [0.4, 0.5) is 0 Å². The van der Waals surface area contributed by atoms with Gasteiger partial charge in [0.25, 0.3) is 11.8 Å². The summed E-state index contributed by atoms with van der Waals surface area (Å²) >= 11 is 3.30. The Kier molecular flexibility index (Phi) is 7.11. The Morgan fingerprint density at radius 1 is 1.00 bits per heavy atom. The zero-order valence-electron chi connectivity index (χ0n) is 13.7. The number of hydrogen-bond donors (Lipinski definition) is 3. The van der Waals surface area contributed by atoms with E-state index >= 15 is 0 Å². The molecular weight excluding hydrogens is 400 g/mol. The van der Waals surface area contributed by atoms with E-state index in [0.29, 0.717) is 10.0 Å². The number of carboxylic acids is 1. The Hall–Kier alpha value is -2.93. The van der Waals surface area contributed by atoms with Crippen LogP contribution < -0.4 is 10.6 Å². The first-order valence-electron chi connectivity index (χ1n) is 7.80. The molecule has 0 heterocycles. The van der Waals surface area contributed by atoms with Crippen LogP contribution in [0.15, 0.2) is 64.8 Å². The average Bonchev–Trinajstić information content (AvgIpc) is 2.62. The minimum atomic E-state index is -1.02. The molecule has 2 aromatic carbocycles. The minimum absolute atomic E-state index is 0.0299. The second kappa shape index (κ2) is 9.53. The molecule has 0 saturated heterocycles. The van der Waals surface area contributed by atoms with E-state index in [-0.39, 0.29) is 18.7 Å². The lowest BCUT2D eigenvalue weighted by molar-refractivity contribution is -0.136. The molecule has 0 unspecified atom stereocenters. The van der Waals surface area contributed by atoms with E-state index in [1.165, 1.54) is 6.08 Å². The van der Waals surface area contributed by atoms with Crippen molar-refractivity contribution in [3.05, 3.63) is 75.9 Å². The fourth-order valence-electron chi connectivity index (χ4n) is 2.09. The largest absolute Gasteiger partial charge is 0.481 e. The van der Waals surface area contributed by atoms with Crippen LogP contribution in [0.25, 0.3) is 6.08 Å². The van der Waals surface area contributed by atoms with Crippen molar-refractivity contribution in [3.63, 3.8) is 0 Å². The molecule has 0 spiro atoms.